The molecule has 0 bridgehead atoms. The predicted octanol–water partition coefficient (Wildman–Crippen LogP) is 4.03. The third-order valence-corrected chi connectivity index (χ3v) is 3.20. The third-order valence-electron chi connectivity index (χ3n) is 3.20. The number of halogens is 2. The Hall–Kier alpha value is -2.63. The molecule has 2 aromatic rings. The zero-order valence-electron chi connectivity index (χ0n) is 11.7. The number of rotatable bonds is 4. The van der Waals surface area contributed by atoms with Crippen LogP contribution < -0.4 is 0 Å². The highest BCUT2D eigenvalue weighted by molar-refractivity contribution is 5.83. The van der Waals surface area contributed by atoms with Crippen molar-refractivity contribution in [1.29, 1.82) is 0 Å². The minimum Gasteiger partial charge on any atom is -0.354 e. The van der Waals surface area contributed by atoms with Crippen LogP contribution in [0, 0.1) is 25.5 Å². The molecular formula is C15H14F2N4. The van der Waals surface area contributed by atoms with E-state index < -0.39 is 11.6 Å². The predicted molar refractivity (Wildman–Crippen MR) is 81.0 cm³/mol. The molecule has 0 fully saturated rings. The van der Waals surface area contributed by atoms with E-state index in [0.29, 0.717) is 11.8 Å². The molecule has 2 aromatic heterocycles. The number of aliphatic imine (C=N–C) groups is 2. The summed E-state index contributed by atoms with van der Waals surface area (Å²) in [6, 6.07) is 0.686. The molecular weight excluding hydrogens is 274 g/mol. The molecule has 0 aliphatic rings. The van der Waals surface area contributed by atoms with Gasteiger partial charge in [-0.05, 0) is 37.8 Å². The number of aromatic nitrogens is 2. The molecule has 4 nitrogen and oxygen atoms in total. The highest BCUT2D eigenvalue weighted by Crippen LogP contribution is 2.23. The second-order valence-electron chi connectivity index (χ2n) is 4.42. The van der Waals surface area contributed by atoms with Gasteiger partial charge in [0.15, 0.2) is 23.3 Å². The molecule has 1 N–H and O–H groups in total. The van der Waals surface area contributed by atoms with Gasteiger partial charge in [0, 0.05) is 11.8 Å². The average Bonchev–Trinajstić information content (AvgIpc) is 2.74. The first kappa shape index (κ1) is 14.8. The molecule has 0 unspecified atom stereocenters. The molecule has 0 aliphatic heterocycles. The van der Waals surface area contributed by atoms with Gasteiger partial charge in [0.05, 0.1) is 11.9 Å². The molecule has 6 heteroatoms. The standard InChI is InChI=1S/C15H14F2N4/c1-5-12-8(2)9(3)13(20-12)7-19-15-11(17)6-10(16)14(18-4)21-15/h5-7,20H,1,4H2,2-3H3. The lowest BCUT2D eigenvalue weighted by atomic mass is 10.1. The Balaban J connectivity index is 2.42. The maximum atomic E-state index is 13.6. The summed E-state index contributed by atoms with van der Waals surface area (Å²) in [4.78, 5) is 14.1. The maximum Gasteiger partial charge on any atom is 0.190 e. The molecule has 21 heavy (non-hydrogen) atoms. The molecule has 2 heterocycles. The minimum atomic E-state index is -0.873. The molecule has 0 radical (unpaired) electrons. The van der Waals surface area contributed by atoms with E-state index in [0.717, 1.165) is 16.8 Å². The SMILES string of the molecule is C=Cc1[nH]c(C=Nc2nc(N=C)c(F)cc2F)c(C)c1C. The number of aromatic amines is 1. The van der Waals surface area contributed by atoms with E-state index in [1.165, 1.54) is 6.21 Å². The fourth-order valence-corrected chi connectivity index (χ4v) is 1.84. The Morgan fingerprint density at radius 3 is 2.33 bits per heavy atom. The van der Waals surface area contributed by atoms with Crippen LogP contribution in [0.2, 0.25) is 0 Å². The Labute approximate surface area is 121 Å². The molecule has 108 valence electrons. The fraction of sp³-hybridized carbons (Fsp3) is 0.133. The Morgan fingerprint density at radius 1 is 1.14 bits per heavy atom. The first-order chi connectivity index (χ1) is 9.97. The number of pyridine rings is 1. The van der Waals surface area contributed by atoms with Crippen molar-refractivity contribution in [2.24, 2.45) is 9.98 Å². The van der Waals surface area contributed by atoms with Crippen molar-refractivity contribution in [3.63, 3.8) is 0 Å². The van der Waals surface area contributed by atoms with Gasteiger partial charge >= 0.3 is 0 Å². The highest BCUT2D eigenvalue weighted by atomic mass is 19.1. The van der Waals surface area contributed by atoms with E-state index in [1.54, 1.807) is 6.08 Å². The summed E-state index contributed by atoms with van der Waals surface area (Å²) in [5, 5.41) is 0. The van der Waals surface area contributed by atoms with Gasteiger partial charge in [-0.15, -0.1) is 0 Å². The monoisotopic (exact) mass is 288 g/mol. The van der Waals surface area contributed by atoms with Crippen LogP contribution in [0.5, 0.6) is 0 Å². The second-order valence-corrected chi connectivity index (χ2v) is 4.42. The molecule has 0 atom stereocenters. The zero-order chi connectivity index (χ0) is 15.6. The van der Waals surface area contributed by atoms with Crippen molar-refractivity contribution in [2.45, 2.75) is 13.8 Å². The van der Waals surface area contributed by atoms with E-state index in [-0.39, 0.29) is 11.6 Å². The Kier molecular flexibility index (Phi) is 4.07. The number of hydrogen-bond donors (Lipinski definition) is 1. The average molecular weight is 288 g/mol. The van der Waals surface area contributed by atoms with E-state index in [9.17, 15) is 8.78 Å². The van der Waals surface area contributed by atoms with Crippen molar-refractivity contribution in [3.8, 4) is 0 Å². The van der Waals surface area contributed by atoms with E-state index >= 15 is 0 Å². The van der Waals surface area contributed by atoms with Gasteiger partial charge in [0.25, 0.3) is 0 Å². The molecule has 2 rings (SSSR count). The van der Waals surface area contributed by atoms with Crippen LogP contribution in [-0.4, -0.2) is 22.9 Å². The topological polar surface area (TPSA) is 53.4 Å². The number of nitrogens with one attached hydrogen (secondary N) is 1. The number of H-pyrrole nitrogens is 1. The lowest BCUT2D eigenvalue weighted by Crippen LogP contribution is -1.90. The quantitative estimate of drug-likeness (QED) is 0.848. The van der Waals surface area contributed by atoms with Gasteiger partial charge in [0.1, 0.15) is 0 Å². The minimum absolute atomic E-state index is 0.245. The van der Waals surface area contributed by atoms with Crippen LogP contribution in [0.4, 0.5) is 20.4 Å². The Morgan fingerprint density at radius 2 is 1.76 bits per heavy atom. The number of hydrogen-bond acceptors (Lipinski definition) is 3. The summed E-state index contributed by atoms with van der Waals surface area (Å²) in [6.45, 7) is 10.7. The van der Waals surface area contributed by atoms with Crippen LogP contribution >= 0.6 is 0 Å². The van der Waals surface area contributed by atoms with Crippen LogP contribution in [0.15, 0.2) is 22.6 Å². The maximum absolute atomic E-state index is 13.6. The summed E-state index contributed by atoms with van der Waals surface area (Å²) >= 11 is 0. The molecule has 0 aliphatic carbocycles. The van der Waals surface area contributed by atoms with Crippen molar-refractivity contribution in [2.75, 3.05) is 0 Å². The highest BCUT2D eigenvalue weighted by Gasteiger charge is 2.11. The Bertz CT molecular complexity index is 745. The zero-order valence-corrected chi connectivity index (χ0v) is 11.7. The molecule has 0 spiro atoms. The summed E-state index contributed by atoms with van der Waals surface area (Å²) in [5.74, 6) is -2.26. The van der Waals surface area contributed by atoms with Crippen molar-refractivity contribution in [3.05, 3.63) is 46.8 Å². The van der Waals surface area contributed by atoms with Gasteiger partial charge in [0.2, 0.25) is 0 Å². The van der Waals surface area contributed by atoms with Gasteiger partial charge in [-0.2, -0.15) is 0 Å². The smallest absolute Gasteiger partial charge is 0.190 e. The van der Waals surface area contributed by atoms with E-state index in [1.807, 2.05) is 13.8 Å². The summed E-state index contributed by atoms with van der Waals surface area (Å²) in [7, 11) is 0. The van der Waals surface area contributed by atoms with E-state index in [2.05, 4.69) is 33.2 Å². The van der Waals surface area contributed by atoms with Gasteiger partial charge < -0.3 is 4.98 Å². The van der Waals surface area contributed by atoms with Crippen molar-refractivity contribution >= 4 is 30.6 Å². The van der Waals surface area contributed by atoms with Crippen molar-refractivity contribution < 1.29 is 8.78 Å². The van der Waals surface area contributed by atoms with Crippen LogP contribution in [0.25, 0.3) is 6.08 Å². The number of nitrogens with zero attached hydrogens (tertiary/aromatic N) is 3. The van der Waals surface area contributed by atoms with E-state index in [4.69, 9.17) is 0 Å². The second kappa shape index (κ2) is 5.78. The van der Waals surface area contributed by atoms with Gasteiger partial charge in [-0.1, -0.05) is 6.58 Å². The molecule has 0 aromatic carbocycles. The van der Waals surface area contributed by atoms with Crippen LogP contribution in [0.1, 0.15) is 22.5 Å². The van der Waals surface area contributed by atoms with Crippen molar-refractivity contribution in [1.82, 2.24) is 9.97 Å². The van der Waals surface area contributed by atoms with Crippen LogP contribution in [-0.2, 0) is 0 Å². The largest absolute Gasteiger partial charge is 0.354 e. The molecule has 0 amide bonds. The summed E-state index contributed by atoms with van der Waals surface area (Å²) < 4.78 is 26.9. The molecule has 0 saturated heterocycles. The lowest BCUT2D eigenvalue weighted by Gasteiger charge is -1.99. The normalized spacial score (nSPS) is 11.0. The summed E-state index contributed by atoms with van der Waals surface area (Å²) in [6.07, 6.45) is 3.13. The summed E-state index contributed by atoms with van der Waals surface area (Å²) in [5.41, 5.74) is 3.58. The van der Waals surface area contributed by atoms with Gasteiger partial charge in [-0.3, -0.25) is 0 Å². The fourth-order valence-electron chi connectivity index (χ4n) is 1.84. The van der Waals surface area contributed by atoms with Gasteiger partial charge in [-0.25, -0.2) is 23.7 Å². The third kappa shape index (κ3) is 2.79. The first-order valence-electron chi connectivity index (χ1n) is 6.16. The molecule has 0 saturated carbocycles. The first-order valence-corrected chi connectivity index (χ1v) is 6.16. The lowest BCUT2D eigenvalue weighted by molar-refractivity contribution is 0.577. The van der Waals surface area contributed by atoms with Crippen LogP contribution in [0.3, 0.4) is 0 Å².